The molecule has 0 spiro atoms. The van der Waals surface area contributed by atoms with E-state index in [0.29, 0.717) is 5.75 Å². The molecule has 15 heavy (non-hydrogen) atoms. The molecule has 0 fully saturated rings. The van der Waals surface area contributed by atoms with E-state index in [1.165, 1.54) is 0 Å². The number of benzene rings is 1. The molecule has 0 aliphatic heterocycles. The zero-order valence-corrected chi connectivity index (χ0v) is 8.86. The lowest BCUT2D eigenvalue weighted by molar-refractivity contribution is 0.475. The van der Waals surface area contributed by atoms with Crippen LogP contribution in [0.1, 0.15) is 11.3 Å². The molecule has 76 valence electrons. The van der Waals surface area contributed by atoms with Gasteiger partial charge in [0.25, 0.3) is 0 Å². The Morgan fingerprint density at radius 1 is 1.07 bits per heavy atom. The number of hydrogen-bond donors (Lipinski definition) is 1. The van der Waals surface area contributed by atoms with Gasteiger partial charge < -0.3 is 5.11 Å². The molecule has 0 unspecified atom stereocenters. The molecular formula is C13H13NO. The fourth-order valence-electron chi connectivity index (χ4n) is 1.68. The number of aromatic hydroxyl groups is 1. The molecule has 1 heterocycles. The van der Waals surface area contributed by atoms with Crippen LogP contribution in [0.3, 0.4) is 0 Å². The molecule has 0 aliphatic rings. The summed E-state index contributed by atoms with van der Waals surface area (Å²) in [7, 11) is 0. The molecule has 0 radical (unpaired) electrons. The average Bonchev–Trinajstić information content (AvgIpc) is 2.17. The van der Waals surface area contributed by atoms with Crippen LogP contribution in [0, 0.1) is 13.8 Å². The van der Waals surface area contributed by atoms with Gasteiger partial charge in [0.15, 0.2) is 0 Å². The maximum absolute atomic E-state index is 9.33. The summed E-state index contributed by atoms with van der Waals surface area (Å²) in [5.41, 5.74) is 4.35. The van der Waals surface area contributed by atoms with Crippen molar-refractivity contribution in [3.05, 3.63) is 47.8 Å². The summed E-state index contributed by atoms with van der Waals surface area (Å²) in [6, 6.07) is 9.42. The van der Waals surface area contributed by atoms with Gasteiger partial charge in [0.2, 0.25) is 0 Å². The first-order valence-electron chi connectivity index (χ1n) is 4.89. The van der Waals surface area contributed by atoms with Gasteiger partial charge >= 0.3 is 0 Å². The monoisotopic (exact) mass is 199 g/mol. The van der Waals surface area contributed by atoms with Crippen LogP contribution in [0.5, 0.6) is 5.75 Å². The molecular weight excluding hydrogens is 186 g/mol. The van der Waals surface area contributed by atoms with E-state index in [9.17, 15) is 5.11 Å². The lowest BCUT2D eigenvalue weighted by Gasteiger charge is -2.06. The molecule has 2 heteroatoms. The molecule has 2 nitrogen and oxygen atoms in total. The summed E-state index contributed by atoms with van der Waals surface area (Å²) in [6.45, 7) is 3.96. The Bertz CT molecular complexity index is 492. The SMILES string of the molecule is Cc1cc(-c2ccc(O)cc2C)ccn1. The predicted molar refractivity (Wildman–Crippen MR) is 60.8 cm³/mol. The summed E-state index contributed by atoms with van der Waals surface area (Å²) < 4.78 is 0. The Morgan fingerprint density at radius 3 is 2.53 bits per heavy atom. The molecule has 1 aromatic carbocycles. The third-order valence-corrected chi connectivity index (χ3v) is 2.42. The van der Waals surface area contributed by atoms with E-state index in [0.717, 1.165) is 22.4 Å². The maximum atomic E-state index is 9.33. The van der Waals surface area contributed by atoms with E-state index >= 15 is 0 Å². The minimum atomic E-state index is 0.307. The minimum absolute atomic E-state index is 0.307. The fraction of sp³-hybridized carbons (Fsp3) is 0.154. The van der Waals surface area contributed by atoms with Crippen molar-refractivity contribution < 1.29 is 5.11 Å². The number of phenols is 1. The zero-order valence-electron chi connectivity index (χ0n) is 8.86. The molecule has 0 aliphatic carbocycles. The number of aryl methyl sites for hydroxylation is 2. The van der Waals surface area contributed by atoms with Crippen molar-refractivity contribution >= 4 is 0 Å². The molecule has 2 aromatic rings. The largest absolute Gasteiger partial charge is 0.508 e. The van der Waals surface area contributed by atoms with Crippen LogP contribution >= 0.6 is 0 Å². The third kappa shape index (κ3) is 1.99. The van der Waals surface area contributed by atoms with Crippen LogP contribution in [0.25, 0.3) is 11.1 Å². The standard InChI is InChI=1S/C13H13NO/c1-9-7-12(15)3-4-13(9)11-5-6-14-10(2)8-11/h3-8,15H,1-2H3. The van der Waals surface area contributed by atoms with Crippen LogP contribution in [0.4, 0.5) is 0 Å². The highest BCUT2D eigenvalue weighted by atomic mass is 16.3. The Balaban J connectivity index is 2.54. The summed E-state index contributed by atoms with van der Waals surface area (Å²) in [5.74, 6) is 0.307. The Labute approximate surface area is 89.2 Å². The molecule has 0 bridgehead atoms. The van der Waals surface area contributed by atoms with Crippen molar-refractivity contribution in [3.63, 3.8) is 0 Å². The Morgan fingerprint density at radius 2 is 1.87 bits per heavy atom. The third-order valence-electron chi connectivity index (χ3n) is 2.42. The van der Waals surface area contributed by atoms with Crippen molar-refractivity contribution in [1.29, 1.82) is 0 Å². The second-order valence-corrected chi connectivity index (χ2v) is 3.69. The van der Waals surface area contributed by atoms with Gasteiger partial charge in [0.05, 0.1) is 0 Å². The molecule has 0 saturated heterocycles. The Kier molecular flexibility index (Phi) is 2.42. The Hall–Kier alpha value is -1.83. The van der Waals surface area contributed by atoms with Crippen LogP contribution in [0.2, 0.25) is 0 Å². The van der Waals surface area contributed by atoms with Gasteiger partial charge in [-0.3, -0.25) is 4.98 Å². The van der Waals surface area contributed by atoms with Gasteiger partial charge in [-0.15, -0.1) is 0 Å². The first-order chi connectivity index (χ1) is 7.16. The maximum Gasteiger partial charge on any atom is 0.115 e. The van der Waals surface area contributed by atoms with E-state index in [1.54, 1.807) is 18.3 Å². The number of aromatic nitrogens is 1. The van der Waals surface area contributed by atoms with Gasteiger partial charge in [-0.2, -0.15) is 0 Å². The van der Waals surface area contributed by atoms with E-state index < -0.39 is 0 Å². The van der Waals surface area contributed by atoms with Crippen LogP contribution in [0.15, 0.2) is 36.5 Å². The smallest absolute Gasteiger partial charge is 0.115 e. The first kappa shape index (κ1) is 9.71. The van der Waals surface area contributed by atoms with E-state index in [-0.39, 0.29) is 0 Å². The van der Waals surface area contributed by atoms with Crippen LogP contribution in [-0.4, -0.2) is 10.1 Å². The van der Waals surface area contributed by atoms with E-state index in [4.69, 9.17) is 0 Å². The van der Waals surface area contributed by atoms with E-state index in [1.807, 2.05) is 32.0 Å². The normalized spacial score (nSPS) is 10.3. The minimum Gasteiger partial charge on any atom is -0.508 e. The second kappa shape index (κ2) is 3.73. The van der Waals surface area contributed by atoms with Gasteiger partial charge in [0, 0.05) is 11.9 Å². The molecule has 1 aromatic heterocycles. The van der Waals surface area contributed by atoms with Crippen molar-refractivity contribution in [2.75, 3.05) is 0 Å². The molecule has 0 saturated carbocycles. The van der Waals surface area contributed by atoms with Crippen molar-refractivity contribution in [2.24, 2.45) is 0 Å². The summed E-state index contributed by atoms with van der Waals surface area (Å²) in [5, 5.41) is 9.33. The topological polar surface area (TPSA) is 33.1 Å². The highest BCUT2D eigenvalue weighted by molar-refractivity contribution is 5.68. The number of phenolic OH excluding ortho intramolecular Hbond substituents is 1. The zero-order chi connectivity index (χ0) is 10.8. The molecule has 1 N–H and O–H groups in total. The number of nitrogens with zero attached hydrogens (tertiary/aromatic N) is 1. The fourth-order valence-corrected chi connectivity index (χ4v) is 1.68. The molecule has 2 rings (SSSR count). The van der Waals surface area contributed by atoms with Crippen molar-refractivity contribution in [3.8, 4) is 16.9 Å². The lowest BCUT2D eigenvalue weighted by Crippen LogP contribution is -1.85. The van der Waals surface area contributed by atoms with Crippen LogP contribution < -0.4 is 0 Å². The van der Waals surface area contributed by atoms with Gasteiger partial charge in [-0.25, -0.2) is 0 Å². The summed E-state index contributed by atoms with van der Waals surface area (Å²) in [6.07, 6.45) is 1.80. The van der Waals surface area contributed by atoms with Crippen LogP contribution in [-0.2, 0) is 0 Å². The van der Waals surface area contributed by atoms with E-state index in [2.05, 4.69) is 4.98 Å². The summed E-state index contributed by atoms with van der Waals surface area (Å²) in [4.78, 5) is 4.16. The predicted octanol–water partition coefficient (Wildman–Crippen LogP) is 3.07. The van der Waals surface area contributed by atoms with Gasteiger partial charge in [-0.05, 0) is 54.8 Å². The first-order valence-corrected chi connectivity index (χ1v) is 4.89. The second-order valence-electron chi connectivity index (χ2n) is 3.69. The van der Waals surface area contributed by atoms with Gasteiger partial charge in [-0.1, -0.05) is 6.07 Å². The van der Waals surface area contributed by atoms with Crippen molar-refractivity contribution in [2.45, 2.75) is 13.8 Å². The number of pyridine rings is 1. The molecule has 0 atom stereocenters. The lowest BCUT2D eigenvalue weighted by atomic mass is 10.0. The highest BCUT2D eigenvalue weighted by Crippen LogP contribution is 2.26. The highest BCUT2D eigenvalue weighted by Gasteiger charge is 2.02. The van der Waals surface area contributed by atoms with Crippen molar-refractivity contribution in [1.82, 2.24) is 4.98 Å². The van der Waals surface area contributed by atoms with Gasteiger partial charge in [0.1, 0.15) is 5.75 Å². The quantitative estimate of drug-likeness (QED) is 0.765. The summed E-state index contributed by atoms with van der Waals surface area (Å²) >= 11 is 0. The molecule has 0 amide bonds. The number of hydrogen-bond acceptors (Lipinski definition) is 2. The number of rotatable bonds is 1. The average molecular weight is 199 g/mol.